The van der Waals surface area contributed by atoms with Gasteiger partial charge >= 0.3 is 0 Å². The van der Waals surface area contributed by atoms with Gasteiger partial charge in [0.1, 0.15) is 10.6 Å². The lowest BCUT2D eigenvalue weighted by atomic mass is 10.1. The molecule has 0 saturated heterocycles. The Kier molecular flexibility index (Phi) is 7.02. The van der Waals surface area contributed by atoms with E-state index in [9.17, 15) is 8.42 Å². The summed E-state index contributed by atoms with van der Waals surface area (Å²) in [5.41, 5.74) is 0. The molecule has 1 rings (SSSR count). The molecule has 1 atom stereocenters. The van der Waals surface area contributed by atoms with E-state index in [1.54, 1.807) is 24.3 Å². The normalized spacial score (nSPS) is 13.2. The fourth-order valence-corrected chi connectivity index (χ4v) is 3.76. The molecule has 0 saturated carbocycles. The van der Waals surface area contributed by atoms with Crippen LogP contribution in [0.3, 0.4) is 0 Å². The third kappa shape index (κ3) is 4.80. The molecule has 0 fully saturated rings. The molecule has 5 heteroatoms. The number of nitrogens with one attached hydrogen (secondary N) is 1. The number of methoxy groups -OCH3 is 1. The van der Waals surface area contributed by atoms with Gasteiger partial charge in [0, 0.05) is 6.04 Å². The Morgan fingerprint density at radius 1 is 1.25 bits per heavy atom. The summed E-state index contributed by atoms with van der Waals surface area (Å²) in [5, 5.41) is 3.36. The first-order chi connectivity index (χ1) is 9.55. The summed E-state index contributed by atoms with van der Waals surface area (Å²) in [6.45, 7) is 5.09. The van der Waals surface area contributed by atoms with E-state index >= 15 is 0 Å². The molecule has 1 unspecified atom stereocenters. The zero-order valence-corrected chi connectivity index (χ0v) is 13.4. The second kappa shape index (κ2) is 8.27. The minimum absolute atomic E-state index is 0.162. The third-order valence-electron chi connectivity index (χ3n) is 3.36. The molecule has 0 heterocycles. The highest BCUT2D eigenvalue weighted by Crippen LogP contribution is 2.24. The van der Waals surface area contributed by atoms with Gasteiger partial charge in [0.05, 0.1) is 12.9 Å². The maximum absolute atomic E-state index is 12.3. The monoisotopic (exact) mass is 299 g/mol. The van der Waals surface area contributed by atoms with Crippen molar-refractivity contribution in [2.24, 2.45) is 0 Å². The lowest BCUT2D eigenvalue weighted by Gasteiger charge is -2.15. The number of para-hydroxylation sites is 1. The van der Waals surface area contributed by atoms with Gasteiger partial charge in [-0.1, -0.05) is 26.0 Å². The Bertz CT molecular complexity index is 500. The molecule has 20 heavy (non-hydrogen) atoms. The van der Waals surface area contributed by atoms with Crippen LogP contribution in [-0.2, 0) is 9.84 Å². The quantitative estimate of drug-likeness (QED) is 0.761. The van der Waals surface area contributed by atoms with Crippen molar-refractivity contribution in [1.82, 2.24) is 5.32 Å². The van der Waals surface area contributed by atoms with Gasteiger partial charge in [-0.25, -0.2) is 8.42 Å². The summed E-state index contributed by atoms with van der Waals surface area (Å²) >= 11 is 0. The van der Waals surface area contributed by atoms with E-state index < -0.39 is 9.84 Å². The number of benzene rings is 1. The van der Waals surface area contributed by atoms with Gasteiger partial charge in [-0.2, -0.15) is 0 Å². The summed E-state index contributed by atoms with van der Waals surface area (Å²) in [6.07, 6.45) is 2.55. The van der Waals surface area contributed by atoms with Crippen molar-refractivity contribution < 1.29 is 13.2 Å². The molecule has 0 amide bonds. The first-order valence-corrected chi connectivity index (χ1v) is 8.79. The SMILES string of the molecule is CCNC(CC)CCCS(=O)(=O)c1ccccc1OC. The largest absolute Gasteiger partial charge is 0.495 e. The zero-order chi connectivity index (χ0) is 15.0. The molecule has 1 aromatic carbocycles. The molecular weight excluding hydrogens is 274 g/mol. The Morgan fingerprint density at radius 3 is 2.55 bits per heavy atom. The lowest BCUT2D eigenvalue weighted by molar-refractivity contribution is 0.402. The first kappa shape index (κ1) is 17.0. The molecule has 0 radical (unpaired) electrons. The van der Waals surface area contributed by atoms with Crippen molar-refractivity contribution >= 4 is 9.84 Å². The van der Waals surface area contributed by atoms with Crippen LogP contribution >= 0.6 is 0 Å². The van der Waals surface area contributed by atoms with E-state index in [0.717, 1.165) is 19.4 Å². The van der Waals surface area contributed by atoms with Crippen molar-refractivity contribution in [3.05, 3.63) is 24.3 Å². The fourth-order valence-electron chi connectivity index (χ4n) is 2.24. The van der Waals surface area contributed by atoms with Gasteiger partial charge in [0.2, 0.25) is 0 Å². The van der Waals surface area contributed by atoms with Crippen molar-refractivity contribution in [3.8, 4) is 5.75 Å². The summed E-state index contributed by atoms with van der Waals surface area (Å²) in [6, 6.07) is 7.18. The van der Waals surface area contributed by atoms with Crippen molar-refractivity contribution in [3.63, 3.8) is 0 Å². The van der Waals surface area contributed by atoms with Gasteiger partial charge in [-0.05, 0) is 37.9 Å². The third-order valence-corrected chi connectivity index (χ3v) is 5.19. The van der Waals surface area contributed by atoms with Crippen molar-refractivity contribution in [2.75, 3.05) is 19.4 Å². The fraction of sp³-hybridized carbons (Fsp3) is 0.600. The highest BCUT2D eigenvalue weighted by Gasteiger charge is 2.19. The van der Waals surface area contributed by atoms with E-state index in [2.05, 4.69) is 19.2 Å². The average molecular weight is 299 g/mol. The van der Waals surface area contributed by atoms with Crippen molar-refractivity contribution in [1.29, 1.82) is 0 Å². The van der Waals surface area contributed by atoms with Gasteiger partial charge in [-0.3, -0.25) is 0 Å². The Balaban J connectivity index is 2.66. The molecule has 0 aliphatic rings. The van der Waals surface area contributed by atoms with Crippen LogP contribution in [0.4, 0.5) is 0 Å². The topological polar surface area (TPSA) is 55.4 Å². The van der Waals surface area contributed by atoms with E-state index in [1.165, 1.54) is 7.11 Å². The number of sulfone groups is 1. The van der Waals surface area contributed by atoms with Crippen LogP contribution in [0.1, 0.15) is 33.1 Å². The number of hydrogen-bond acceptors (Lipinski definition) is 4. The predicted molar refractivity (Wildman–Crippen MR) is 82.0 cm³/mol. The lowest BCUT2D eigenvalue weighted by Crippen LogP contribution is -2.28. The van der Waals surface area contributed by atoms with E-state index in [4.69, 9.17) is 4.74 Å². The zero-order valence-electron chi connectivity index (χ0n) is 12.6. The minimum atomic E-state index is -3.27. The van der Waals surface area contributed by atoms with Crippen LogP contribution in [0, 0.1) is 0 Å². The predicted octanol–water partition coefficient (Wildman–Crippen LogP) is 2.64. The number of ether oxygens (including phenoxy) is 1. The maximum atomic E-state index is 12.3. The molecular formula is C15H25NO3S. The Morgan fingerprint density at radius 2 is 1.95 bits per heavy atom. The van der Waals surface area contributed by atoms with Gasteiger partial charge in [0.25, 0.3) is 0 Å². The minimum Gasteiger partial charge on any atom is -0.495 e. The smallest absolute Gasteiger partial charge is 0.182 e. The summed E-state index contributed by atoms with van der Waals surface area (Å²) in [7, 11) is -1.78. The molecule has 0 aliphatic carbocycles. The van der Waals surface area contributed by atoms with Crippen LogP contribution in [0.2, 0.25) is 0 Å². The highest BCUT2D eigenvalue weighted by atomic mass is 32.2. The van der Waals surface area contributed by atoms with Gasteiger partial charge < -0.3 is 10.1 Å². The standard InChI is InChI=1S/C15H25NO3S/c1-4-13(16-5-2)9-8-12-20(17,18)15-11-7-6-10-14(15)19-3/h6-7,10-11,13,16H,4-5,8-9,12H2,1-3H3. The van der Waals surface area contributed by atoms with Crippen LogP contribution in [-0.4, -0.2) is 33.9 Å². The van der Waals surface area contributed by atoms with Crippen LogP contribution in [0.25, 0.3) is 0 Å². The first-order valence-electron chi connectivity index (χ1n) is 7.14. The van der Waals surface area contributed by atoms with Crippen LogP contribution in [0.5, 0.6) is 5.75 Å². The molecule has 0 aromatic heterocycles. The van der Waals surface area contributed by atoms with Gasteiger partial charge in [-0.15, -0.1) is 0 Å². The highest BCUT2D eigenvalue weighted by molar-refractivity contribution is 7.91. The Labute approximate surface area is 122 Å². The van der Waals surface area contributed by atoms with Gasteiger partial charge in [0.15, 0.2) is 9.84 Å². The van der Waals surface area contributed by atoms with E-state index in [-0.39, 0.29) is 5.75 Å². The number of rotatable bonds is 9. The number of hydrogen-bond donors (Lipinski definition) is 1. The van der Waals surface area contributed by atoms with Crippen molar-refractivity contribution in [2.45, 2.75) is 44.0 Å². The molecule has 0 bridgehead atoms. The summed E-state index contributed by atoms with van der Waals surface area (Å²) < 4.78 is 29.8. The molecule has 1 N–H and O–H groups in total. The molecule has 4 nitrogen and oxygen atoms in total. The van der Waals surface area contributed by atoms with Crippen LogP contribution in [0.15, 0.2) is 29.2 Å². The maximum Gasteiger partial charge on any atom is 0.182 e. The average Bonchev–Trinajstić information content (AvgIpc) is 2.46. The molecule has 114 valence electrons. The Hall–Kier alpha value is -1.07. The summed E-state index contributed by atoms with van der Waals surface area (Å²) in [5.74, 6) is 0.584. The molecule has 0 aliphatic heterocycles. The summed E-state index contributed by atoms with van der Waals surface area (Å²) in [4.78, 5) is 0.291. The second-order valence-corrected chi connectivity index (χ2v) is 6.85. The van der Waals surface area contributed by atoms with E-state index in [1.807, 2.05) is 0 Å². The molecule has 0 spiro atoms. The molecule has 1 aromatic rings. The van der Waals surface area contributed by atoms with E-state index in [0.29, 0.717) is 23.1 Å². The van der Waals surface area contributed by atoms with Crippen LogP contribution < -0.4 is 10.1 Å². The second-order valence-electron chi connectivity index (χ2n) is 4.77.